The summed E-state index contributed by atoms with van der Waals surface area (Å²) in [6.07, 6.45) is 0. The second-order valence-electron chi connectivity index (χ2n) is 6.01. The number of phenolic OH excluding ortho intramolecular Hbond substituents is 2. The third kappa shape index (κ3) is 3.76. The van der Waals surface area contributed by atoms with Crippen molar-refractivity contribution in [3.63, 3.8) is 0 Å². The SMILES string of the molecule is CC(C)[C@H](C)NC(=O)COC(=O)c1cc(O)c2ccccc2c1O. The van der Waals surface area contributed by atoms with Crippen molar-refractivity contribution in [2.24, 2.45) is 5.92 Å². The second kappa shape index (κ2) is 7.21. The second-order valence-corrected chi connectivity index (χ2v) is 6.01. The predicted molar refractivity (Wildman–Crippen MR) is 90.0 cm³/mol. The maximum absolute atomic E-state index is 12.1. The van der Waals surface area contributed by atoms with Gasteiger partial charge in [0.05, 0.1) is 0 Å². The Bertz CT molecular complexity index is 769. The summed E-state index contributed by atoms with van der Waals surface area (Å²) in [6.45, 7) is 5.33. The highest BCUT2D eigenvalue weighted by molar-refractivity contribution is 6.04. The molecule has 1 atom stereocenters. The average Bonchev–Trinajstić information content (AvgIpc) is 2.55. The molecule has 0 heterocycles. The van der Waals surface area contributed by atoms with Crippen molar-refractivity contribution in [2.45, 2.75) is 26.8 Å². The van der Waals surface area contributed by atoms with Crippen LogP contribution >= 0.6 is 0 Å². The molecule has 2 aromatic carbocycles. The van der Waals surface area contributed by atoms with Crippen LogP contribution in [-0.2, 0) is 9.53 Å². The number of benzene rings is 2. The van der Waals surface area contributed by atoms with Gasteiger partial charge in [0.25, 0.3) is 5.91 Å². The number of esters is 1. The maximum atomic E-state index is 12.1. The summed E-state index contributed by atoms with van der Waals surface area (Å²) in [5, 5.41) is 23.7. The Morgan fingerprint density at radius 3 is 2.38 bits per heavy atom. The third-order valence-corrected chi connectivity index (χ3v) is 3.94. The minimum absolute atomic E-state index is 0.0469. The summed E-state index contributed by atoms with van der Waals surface area (Å²) in [6, 6.07) is 7.68. The minimum atomic E-state index is -0.874. The molecule has 0 aliphatic heterocycles. The molecule has 3 N–H and O–H groups in total. The van der Waals surface area contributed by atoms with Crippen LogP contribution in [0.1, 0.15) is 31.1 Å². The van der Waals surface area contributed by atoms with Crippen molar-refractivity contribution in [1.82, 2.24) is 5.32 Å². The first-order chi connectivity index (χ1) is 11.3. The highest BCUT2D eigenvalue weighted by Gasteiger charge is 2.19. The Kier molecular flexibility index (Phi) is 5.28. The molecule has 6 nitrogen and oxygen atoms in total. The molecule has 0 unspecified atom stereocenters. The Balaban J connectivity index is 2.12. The number of amides is 1. The van der Waals surface area contributed by atoms with Gasteiger partial charge in [-0.3, -0.25) is 4.79 Å². The number of aromatic hydroxyl groups is 2. The van der Waals surface area contributed by atoms with Gasteiger partial charge >= 0.3 is 5.97 Å². The van der Waals surface area contributed by atoms with Crippen LogP contribution in [0.3, 0.4) is 0 Å². The van der Waals surface area contributed by atoms with Crippen molar-refractivity contribution in [2.75, 3.05) is 6.61 Å². The number of hydrogen-bond acceptors (Lipinski definition) is 5. The van der Waals surface area contributed by atoms with E-state index in [1.54, 1.807) is 24.3 Å². The Morgan fingerprint density at radius 1 is 1.12 bits per heavy atom. The zero-order valence-electron chi connectivity index (χ0n) is 13.9. The van der Waals surface area contributed by atoms with E-state index in [0.717, 1.165) is 6.07 Å². The molecule has 0 fully saturated rings. The van der Waals surface area contributed by atoms with Crippen molar-refractivity contribution in [3.8, 4) is 11.5 Å². The standard InChI is InChI=1S/C18H21NO5/c1-10(2)11(3)19-16(21)9-24-18(23)14-8-15(20)12-6-4-5-7-13(12)17(14)22/h4-8,10-11,20,22H,9H2,1-3H3,(H,19,21)/t11-/m0/s1. The van der Waals surface area contributed by atoms with E-state index < -0.39 is 18.5 Å². The molecular weight excluding hydrogens is 310 g/mol. The van der Waals surface area contributed by atoms with Crippen LogP contribution in [0.5, 0.6) is 11.5 Å². The topological polar surface area (TPSA) is 95.9 Å². The van der Waals surface area contributed by atoms with Crippen LogP contribution in [0.4, 0.5) is 0 Å². The number of carbonyl (C=O) groups is 2. The van der Waals surface area contributed by atoms with E-state index >= 15 is 0 Å². The van der Waals surface area contributed by atoms with Crippen LogP contribution in [-0.4, -0.2) is 34.7 Å². The van der Waals surface area contributed by atoms with E-state index in [1.165, 1.54) is 0 Å². The first-order valence-corrected chi connectivity index (χ1v) is 7.71. The van der Waals surface area contributed by atoms with Gasteiger partial charge in [0.15, 0.2) is 6.61 Å². The molecule has 2 aromatic rings. The summed E-state index contributed by atoms with van der Waals surface area (Å²) in [4.78, 5) is 23.9. The van der Waals surface area contributed by atoms with Gasteiger partial charge in [-0.1, -0.05) is 38.1 Å². The summed E-state index contributed by atoms with van der Waals surface area (Å²) in [7, 11) is 0. The molecule has 2 rings (SSSR count). The van der Waals surface area contributed by atoms with Crippen LogP contribution in [0, 0.1) is 5.92 Å². The largest absolute Gasteiger partial charge is 0.507 e. The Labute approximate surface area is 140 Å². The molecule has 0 bridgehead atoms. The van der Waals surface area contributed by atoms with Gasteiger partial charge in [-0.05, 0) is 18.9 Å². The molecule has 0 aliphatic rings. The van der Waals surface area contributed by atoms with E-state index in [1.807, 2.05) is 20.8 Å². The van der Waals surface area contributed by atoms with Crippen LogP contribution in [0.15, 0.2) is 30.3 Å². The molecule has 0 saturated heterocycles. The van der Waals surface area contributed by atoms with Crippen molar-refractivity contribution in [3.05, 3.63) is 35.9 Å². The number of ether oxygens (including phenoxy) is 1. The van der Waals surface area contributed by atoms with Gasteiger partial charge < -0.3 is 20.3 Å². The van der Waals surface area contributed by atoms with Crippen LogP contribution in [0.2, 0.25) is 0 Å². The summed E-state index contributed by atoms with van der Waals surface area (Å²) >= 11 is 0. The zero-order valence-corrected chi connectivity index (χ0v) is 13.9. The quantitative estimate of drug-likeness (QED) is 0.578. The lowest BCUT2D eigenvalue weighted by Gasteiger charge is -2.17. The van der Waals surface area contributed by atoms with E-state index in [4.69, 9.17) is 4.74 Å². The molecule has 128 valence electrons. The minimum Gasteiger partial charge on any atom is -0.507 e. The molecule has 6 heteroatoms. The van der Waals surface area contributed by atoms with E-state index in [0.29, 0.717) is 10.8 Å². The first-order valence-electron chi connectivity index (χ1n) is 7.71. The van der Waals surface area contributed by atoms with E-state index in [2.05, 4.69) is 5.32 Å². The molecule has 0 radical (unpaired) electrons. The van der Waals surface area contributed by atoms with Gasteiger partial charge in [0, 0.05) is 16.8 Å². The fourth-order valence-corrected chi connectivity index (χ4v) is 2.17. The van der Waals surface area contributed by atoms with Crippen molar-refractivity contribution in [1.29, 1.82) is 0 Å². The molecule has 0 aliphatic carbocycles. The molecule has 0 spiro atoms. The van der Waals surface area contributed by atoms with Crippen molar-refractivity contribution < 1.29 is 24.5 Å². The number of fused-ring (bicyclic) bond motifs is 1. The number of carbonyl (C=O) groups excluding carboxylic acids is 2. The predicted octanol–water partition coefficient (Wildman–Crippen LogP) is 2.57. The summed E-state index contributed by atoms with van der Waals surface area (Å²) in [5.41, 5.74) is -0.184. The van der Waals surface area contributed by atoms with Gasteiger partial charge in [0.1, 0.15) is 17.1 Å². The highest BCUT2D eigenvalue weighted by atomic mass is 16.5. The third-order valence-electron chi connectivity index (χ3n) is 3.94. The molecule has 0 saturated carbocycles. The fourth-order valence-electron chi connectivity index (χ4n) is 2.17. The Hall–Kier alpha value is -2.76. The number of phenols is 2. The lowest BCUT2D eigenvalue weighted by atomic mass is 10.0. The smallest absolute Gasteiger partial charge is 0.342 e. The average molecular weight is 331 g/mol. The Morgan fingerprint density at radius 2 is 1.75 bits per heavy atom. The summed E-state index contributed by atoms with van der Waals surface area (Å²) in [5.74, 6) is -1.47. The van der Waals surface area contributed by atoms with Gasteiger partial charge in [0.2, 0.25) is 0 Å². The zero-order chi connectivity index (χ0) is 17.9. The normalized spacial score (nSPS) is 12.2. The molecule has 0 aromatic heterocycles. The molecule has 24 heavy (non-hydrogen) atoms. The van der Waals surface area contributed by atoms with Crippen LogP contribution < -0.4 is 5.32 Å². The van der Waals surface area contributed by atoms with Crippen molar-refractivity contribution >= 4 is 22.6 Å². The van der Waals surface area contributed by atoms with Crippen LogP contribution in [0.25, 0.3) is 10.8 Å². The van der Waals surface area contributed by atoms with E-state index in [-0.39, 0.29) is 29.0 Å². The lowest BCUT2D eigenvalue weighted by molar-refractivity contribution is -0.125. The number of rotatable bonds is 5. The number of hydrogen-bond donors (Lipinski definition) is 3. The lowest BCUT2D eigenvalue weighted by Crippen LogP contribution is -2.38. The highest BCUT2D eigenvalue weighted by Crippen LogP contribution is 2.35. The first kappa shape index (κ1) is 17.6. The molecular formula is C18H21NO5. The number of nitrogens with one attached hydrogen (secondary N) is 1. The van der Waals surface area contributed by atoms with Gasteiger partial charge in [-0.15, -0.1) is 0 Å². The summed E-state index contributed by atoms with van der Waals surface area (Å²) < 4.78 is 4.93. The van der Waals surface area contributed by atoms with E-state index in [9.17, 15) is 19.8 Å². The maximum Gasteiger partial charge on any atom is 0.342 e. The monoisotopic (exact) mass is 331 g/mol. The molecule has 1 amide bonds. The fraction of sp³-hybridized carbons (Fsp3) is 0.333. The van der Waals surface area contributed by atoms with Gasteiger partial charge in [-0.25, -0.2) is 4.79 Å². The van der Waals surface area contributed by atoms with Gasteiger partial charge in [-0.2, -0.15) is 0 Å².